The van der Waals surface area contributed by atoms with Crippen LogP contribution < -0.4 is 10.6 Å². The summed E-state index contributed by atoms with van der Waals surface area (Å²) in [6.07, 6.45) is 2.73. The van der Waals surface area contributed by atoms with Gasteiger partial charge in [-0.1, -0.05) is 20.3 Å². The summed E-state index contributed by atoms with van der Waals surface area (Å²) in [5.41, 5.74) is -0.683. The van der Waals surface area contributed by atoms with Crippen LogP contribution in [0.2, 0.25) is 0 Å². The van der Waals surface area contributed by atoms with E-state index in [4.69, 9.17) is 4.74 Å². The van der Waals surface area contributed by atoms with E-state index in [0.717, 1.165) is 24.2 Å². The number of hydrogen-bond donors (Lipinski definition) is 2. The normalized spacial score (nSPS) is 27.0. The number of hydrogen-bond acceptors (Lipinski definition) is 6. The summed E-state index contributed by atoms with van der Waals surface area (Å²) in [6.45, 7) is 5.46. The number of anilines is 1. The van der Waals surface area contributed by atoms with Crippen LogP contribution in [0.4, 0.5) is 9.80 Å². The number of carbonyl (C=O) groups is 4. The van der Waals surface area contributed by atoms with Crippen molar-refractivity contribution >= 4 is 40.2 Å². The number of carbonyl (C=O) groups excluding carboxylic acids is 4. The predicted octanol–water partition coefficient (Wildman–Crippen LogP) is 2.61. The van der Waals surface area contributed by atoms with Crippen LogP contribution in [0, 0.1) is 11.8 Å². The van der Waals surface area contributed by atoms with Gasteiger partial charge in [-0.05, 0) is 43.0 Å². The first-order valence-corrected chi connectivity index (χ1v) is 10.4. The molecule has 4 amide bonds. The number of imide groups is 1. The molecule has 152 valence electrons. The van der Waals surface area contributed by atoms with Gasteiger partial charge < -0.3 is 15.4 Å². The summed E-state index contributed by atoms with van der Waals surface area (Å²) in [4.78, 5) is 51.0. The zero-order valence-electron chi connectivity index (χ0n) is 16.2. The Morgan fingerprint density at radius 3 is 2.64 bits per heavy atom. The molecule has 9 heteroatoms. The lowest BCUT2D eigenvalue weighted by molar-refractivity contribution is -0.138. The average Bonchev–Trinajstić information content (AvgIpc) is 3.19. The van der Waals surface area contributed by atoms with Gasteiger partial charge in [0.25, 0.3) is 5.91 Å². The second-order valence-corrected chi connectivity index (χ2v) is 8.27. The fraction of sp³-hybridized carbons (Fsp3) is 0.579. The maximum atomic E-state index is 13.1. The SMILES string of the molecule is CCOC(=O)c1ccsc1NC(=O)CN1C(=O)NC2(C1=O)C(C)CCCC2C. The number of urea groups is 1. The molecule has 0 radical (unpaired) electrons. The molecule has 0 aromatic carbocycles. The van der Waals surface area contributed by atoms with Crippen LogP contribution in [-0.2, 0) is 14.3 Å². The number of nitrogens with one attached hydrogen (secondary N) is 2. The lowest BCUT2D eigenvalue weighted by atomic mass is 9.67. The third-order valence-electron chi connectivity index (χ3n) is 5.70. The Morgan fingerprint density at radius 2 is 2.00 bits per heavy atom. The molecule has 1 aliphatic heterocycles. The summed E-state index contributed by atoms with van der Waals surface area (Å²) < 4.78 is 4.96. The largest absolute Gasteiger partial charge is 0.462 e. The first-order valence-electron chi connectivity index (χ1n) is 9.49. The molecule has 8 nitrogen and oxygen atoms in total. The van der Waals surface area contributed by atoms with Crippen molar-refractivity contribution in [3.05, 3.63) is 17.0 Å². The van der Waals surface area contributed by atoms with Gasteiger partial charge in [0, 0.05) is 0 Å². The molecule has 2 N–H and O–H groups in total. The number of thiophene rings is 1. The topological polar surface area (TPSA) is 105 Å². The highest BCUT2D eigenvalue weighted by atomic mass is 32.1. The van der Waals surface area contributed by atoms with Crippen LogP contribution in [0.25, 0.3) is 0 Å². The van der Waals surface area contributed by atoms with Crippen molar-refractivity contribution in [2.24, 2.45) is 11.8 Å². The van der Waals surface area contributed by atoms with Gasteiger partial charge in [-0.15, -0.1) is 11.3 Å². The molecule has 1 aromatic rings. The second-order valence-electron chi connectivity index (χ2n) is 7.36. The molecule has 2 unspecified atom stereocenters. The first-order chi connectivity index (χ1) is 13.3. The summed E-state index contributed by atoms with van der Waals surface area (Å²) >= 11 is 1.18. The van der Waals surface area contributed by atoms with Crippen LogP contribution in [0.5, 0.6) is 0 Å². The Kier molecular flexibility index (Phi) is 5.74. The number of ether oxygens (including phenoxy) is 1. The molecule has 2 aliphatic rings. The Bertz CT molecular complexity index is 795. The molecular formula is C19H25N3O5S. The molecule has 2 heterocycles. The molecule has 1 spiro atoms. The molecule has 3 rings (SSSR count). The number of esters is 1. The predicted molar refractivity (Wildman–Crippen MR) is 104 cm³/mol. The van der Waals surface area contributed by atoms with Gasteiger partial charge in [0.2, 0.25) is 5.91 Å². The van der Waals surface area contributed by atoms with Gasteiger partial charge in [0.1, 0.15) is 17.1 Å². The van der Waals surface area contributed by atoms with E-state index in [1.807, 2.05) is 13.8 Å². The van der Waals surface area contributed by atoms with Crippen LogP contribution in [0.15, 0.2) is 11.4 Å². The third kappa shape index (κ3) is 3.39. The number of rotatable bonds is 5. The van der Waals surface area contributed by atoms with Crippen LogP contribution in [0.1, 0.15) is 50.4 Å². The minimum atomic E-state index is -0.936. The van der Waals surface area contributed by atoms with E-state index in [-0.39, 0.29) is 29.9 Å². The smallest absolute Gasteiger partial charge is 0.341 e. The van der Waals surface area contributed by atoms with Crippen molar-refractivity contribution in [1.82, 2.24) is 10.2 Å². The van der Waals surface area contributed by atoms with Gasteiger partial charge in [-0.3, -0.25) is 14.5 Å². The van der Waals surface area contributed by atoms with Crippen LogP contribution in [0.3, 0.4) is 0 Å². The molecule has 1 aromatic heterocycles. The van der Waals surface area contributed by atoms with Crippen molar-refractivity contribution in [1.29, 1.82) is 0 Å². The zero-order valence-corrected chi connectivity index (χ0v) is 17.1. The van der Waals surface area contributed by atoms with E-state index in [0.29, 0.717) is 5.00 Å². The van der Waals surface area contributed by atoms with Crippen molar-refractivity contribution < 1.29 is 23.9 Å². The van der Waals surface area contributed by atoms with Crippen molar-refractivity contribution in [2.75, 3.05) is 18.5 Å². The fourth-order valence-corrected chi connectivity index (χ4v) is 4.97. The van der Waals surface area contributed by atoms with Gasteiger partial charge in [0.05, 0.1) is 12.2 Å². The molecule has 28 heavy (non-hydrogen) atoms. The van der Waals surface area contributed by atoms with E-state index in [1.165, 1.54) is 11.3 Å². The summed E-state index contributed by atoms with van der Waals surface area (Å²) in [5.74, 6) is -1.39. The minimum Gasteiger partial charge on any atom is -0.462 e. The first kappa shape index (κ1) is 20.3. The van der Waals surface area contributed by atoms with E-state index in [1.54, 1.807) is 18.4 Å². The lowest BCUT2D eigenvalue weighted by Gasteiger charge is -2.42. The van der Waals surface area contributed by atoms with E-state index in [2.05, 4.69) is 10.6 Å². The van der Waals surface area contributed by atoms with Gasteiger partial charge >= 0.3 is 12.0 Å². The molecule has 0 bridgehead atoms. The van der Waals surface area contributed by atoms with Crippen LogP contribution >= 0.6 is 11.3 Å². The van der Waals surface area contributed by atoms with Crippen molar-refractivity contribution in [2.45, 2.75) is 45.6 Å². The second kappa shape index (κ2) is 7.90. The molecule has 2 fully saturated rings. The summed E-state index contributed by atoms with van der Waals surface area (Å²) in [7, 11) is 0. The Hall–Kier alpha value is -2.42. The Labute approximate surface area is 167 Å². The standard InChI is InChI=1S/C19H25N3O5S/c1-4-27-16(24)13-8-9-28-15(13)20-14(23)10-22-17(25)19(21-18(22)26)11(2)6-5-7-12(19)3/h8-9,11-12H,4-7,10H2,1-3H3,(H,20,23)(H,21,26). The molecule has 1 saturated heterocycles. The maximum Gasteiger partial charge on any atom is 0.341 e. The highest BCUT2D eigenvalue weighted by molar-refractivity contribution is 7.14. The summed E-state index contributed by atoms with van der Waals surface area (Å²) in [6, 6.07) is 1.02. The number of nitrogens with zero attached hydrogens (tertiary/aromatic N) is 1. The Morgan fingerprint density at radius 1 is 1.32 bits per heavy atom. The Balaban J connectivity index is 1.71. The van der Waals surface area contributed by atoms with Gasteiger partial charge in [-0.2, -0.15) is 0 Å². The number of amides is 4. The molecule has 1 aliphatic carbocycles. The maximum absolute atomic E-state index is 13.1. The minimum absolute atomic E-state index is 0.00785. The van der Waals surface area contributed by atoms with E-state index >= 15 is 0 Å². The third-order valence-corrected chi connectivity index (χ3v) is 6.53. The van der Waals surface area contributed by atoms with Crippen LogP contribution in [-0.4, -0.2) is 47.4 Å². The van der Waals surface area contributed by atoms with Crippen molar-refractivity contribution in [3.63, 3.8) is 0 Å². The lowest BCUT2D eigenvalue weighted by Crippen LogP contribution is -2.59. The highest BCUT2D eigenvalue weighted by Gasteiger charge is 2.58. The van der Waals surface area contributed by atoms with Gasteiger partial charge in [-0.25, -0.2) is 9.59 Å². The van der Waals surface area contributed by atoms with E-state index in [9.17, 15) is 19.2 Å². The molecule has 2 atom stereocenters. The van der Waals surface area contributed by atoms with Gasteiger partial charge in [0.15, 0.2) is 0 Å². The fourth-order valence-electron chi connectivity index (χ4n) is 4.18. The van der Waals surface area contributed by atoms with E-state index < -0.39 is 30.0 Å². The monoisotopic (exact) mass is 407 g/mol. The average molecular weight is 407 g/mol. The summed E-state index contributed by atoms with van der Waals surface area (Å²) in [5, 5.41) is 7.48. The zero-order chi connectivity index (χ0) is 20.5. The highest BCUT2D eigenvalue weighted by Crippen LogP contribution is 2.42. The molecular weight excluding hydrogens is 382 g/mol. The quantitative estimate of drug-likeness (QED) is 0.577. The molecule has 1 saturated carbocycles. The van der Waals surface area contributed by atoms with Crippen molar-refractivity contribution in [3.8, 4) is 0 Å².